The maximum atomic E-state index is 12.6. The van der Waals surface area contributed by atoms with Crippen LogP contribution in [-0.4, -0.2) is 23.3 Å². The Hall–Kier alpha value is -4.05. The van der Waals surface area contributed by atoms with Gasteiger partial charge in [0.15, 0.2) is 0 Å². The number of nitrogens with one attached hydrogen (secondary N) is 2. The Labute approximate surface area is 170 Å². The molecule has 0 spiro atoms. The van der Waals surface area contributed by atoms with Crippen LogP contribution < -0.4 is 10.3 Å². The molecular weight excluding hydrogens is 408 g/mol. The molecule has 1 aromatic heterocycles. The number of anilines is 1. The Balaban J connectivity index is 1.68. The average molecular weight is 422 g/mol. The van der Waals surface area contributed by atoms with E-state index in [1.807, 2.05) is 0 Å². The van der Waals surface area contributed by atoms with Gasteiger partial charge in [-0.1, -0.05) is 24.3 Å². The lowest BCUT2D eigenvalue weighted by Crippen LogP contribution is -2.14. The molecular formula is C20H14N4O5S. The number of hydrogen-bond acceptors (Lipinski definition) is 6. The van der Waals surface area contributed by atoms with Crippen molar-refractivity contribution in [3.63, 3.8) is 0 Å². The zero-order valence-corrected chi connectivity index (χ0v) is 16.1. The molecule has 2 N–H and O–H groups in total. The van der Waals surface area contributed by atoms with E-state index in [9.17, 15) is 23.3 Å². The predicted octanol–water partition coefficient (Wildman–Crippen LogP) is 3.30. The Morgan fingerprint density at radius 2 is 1.70 bits per heavy atom. The van der Waals surface area contributed by atoms with Gasteiger partial charge in [-0.15, -0.1) is 0 Å². The number of sulfonamides is 1. The lowest BCUT2D eigenvalue weighted by atomic mass is 10.1. The van der Waals surface area contributed by atoms with Crippen LogP contribution in [0.3, 0.4) is 0 Å². The number of nitro groups is 1. The molecule has 0 bridgehead atoms. The zero-order valence-electron chi connectivity index (χ0n) is 15.3. The van der Waals surface area contributed by atoms with Crippen LogP contribution in [0, 0.1) is 10.1 Å². The monoisotopic (exact) mass is 422 g/mol. The minimum absolute atomic E-state index is 0.125. The van der Waals surface area contributed by atoms with E-state index < -0.39 is 20.5 Å². The lowest BCUT2D eigenvalue weighted by Gasteiger charge is -2.09. The molecule has 0 fully saturated rings. The van der Waals surface area contributed by atoms with Crippen LogP contribution in [0.5, 0.6) is 0 Å². The largest absolute Gasteiger partial charge is 0.319 e. The summed E-state index contributed by atoms with van der Waals surface area (Å²) in [4.78, 5) is 29.6. The van der Waals surface area contributed by atoms with Gasteiger partial charge >= 0.3 is 0 Å². The topological polar surface area (TPSA) is 135 Å². The van der Waals surface area contributed by atoms with Crippen molar-refractivity contribution in [1.29, 1.82) is 0 Å². The number of para-hydroxylation sites is 2. The van der Waals surface area contributed by atoms with Crippen molar-refractivity contribution in [3.05, 3.63) is 93.3 Å². The molecule has 9 nitrogen and oxygen atoms in total. The summed E-state index contributed by atoms with van der Waals surface area (Å²) in [6.45, 7) is 0. The van der Waals surface area contributed by atoms with Gasteiger partial charge in [0.05, 0.1) is 20.9 Å². The molecule has 0 aliphatic carbocycles. The number of nitro benzene ring substituents is 1. The summed E-state index contributed by atoms with van der Waals surface area (Å²) in [7, 11) is -3.98. The fourth-order valence-corrected chi connectivity index (χ4v) is 3.97. The van der Waals surface area contributed by atoms with Crippen LogP contribution in [0.4, 0.5) is 11.4 Å². The van der Waals surface area contributed by atoms with E-state index in [1.165, 1.54) is 12.1 Å². The fraction of sp³-hybridized carbons (Fsp3) is 0. The number of non-ortho nitro benzene ring substituents is 1. The van der Waals surface area contributed by atoms with Gasteiger partial charge in [-0.25, -0.2) is 13.4 Å². The summed E-state index contributed by atoms with van der Waals surface area (Å²) in [5.74, 6) is 0. The van der Waals surface area contributed by atoms with Gasteiger partial charge in [-0.3, -0.25) is 19.6 Å². The van der Waals surface area contributed by atoms with Crippen LogP contribution >= 0.6 is 0 Å². The second-order valence-electron chi connectivity index (χ2n) is 6.37. The quantitative estimate of drug-likeness (QED) is 0.374. The average Bonchev–Trinajstić information content (AvgIpc) is 2.73. The van der Waals surface area contributed by atoms with E-state index in [4.69, 9.17) is 0 Å². The molecule has 4 rings (SSSR count). The number of aromatic nitrogens is 2. The van der Waals surface area contributed by atoms with Crippen molar-refractivity contribution < 1.29 is 13.3 Å². The van der Waals surface area contributed by atoms with Crippen molar-refractivity contribution in [3.8, 4) is 11.3 Å². The summed E-state index contributed by atoms with van der Waals surface area (Å²) in [6, 6.07) is 17.9. The number of aromatic amines is 1. The standard InChI is InChI=1S/C20H14N4O5S/c25-20-19(21-17-6-1-2-7-18(17)22-20)13-4-3-5-14(12-13)23-30(28,29)16-10-8-15(9-11-16)24(26)27/h1-12,23H,(H,22,25). The van der Waals surface area contributed by atoms with Crippen molar-refractivity contribution in [2.75, 3.05) is 4.72 Å². The fourth-order valence-electron chi connectivity index (χ4n) is 2.92. The van der Waals surface area contributed by atoms with Crippen LogP contribution in [0.25, 0.3) is 22.3 Å². The molecule has 0 aliphatic heterocycles. The van der Waals surface area contributed by atoms with E-state index >= 15 is 0 Å². The zero-order chi connectivity index (χ0) is 21.3. The molecule has 0 amide bonds. The first-order valence-corrected chi connectivity index (χ1v) is 10.2. The van der Waals surface area contributed by atoms with Crippen molar-refractivity contribution in [2.45, 2.75) is 4.90 Å². The van der Waals surface area contributed by atoms with Gasteiger partial charge in [0.1, 0.15) is 5.69 Å². The Morgan fingerprint density at radius 1 is 0.967 bits per heavy atom. The molecule has 0 radical (unpaired) electrons. The normalized spacial score (nSPS) is 11.3. The van der Waals surface area contributed by atoms with E-state index in [0.717, 1.165) is 24.3 Å². The Morgan fingerprint density at radius 3 is 2.43 bits per heavy atom. The molecule has 0 saturated heterocycles. The molecule has 0 unspecified atom stereocenters. The highest BCUT2D eigenvalue weighted by molar-refractivity contribution is 7.92. The first-order valence-electron chi connectivity index (χ1n) is 8.70. The summed E-state index contributed by atoms with van der Waals surface area (Å²) in [5.41, 5.74) is 1.41. The Bertz CT molecular complexity index is 1430. The SMILES string of the molecule is O=c1[nH]c2ccccc2nc1-c1cccc(NS(=O)(=O)c2ccc([N+](=O)[O-])cc2)c1. The van der Waals surface area contributed by atoms with Gasteiger partial charge < -0.3 is 4.98 Å². The molecule has 150 valence electrons. The molecule has 1 heterocycles. The third kappa shape index (κ3) is 3.76. The number of benzene rings is 3. The molecule has 30 heavy (non-hydrogen) atoms. The van der Waals surface area contributed by atoms with Gasteiger partial charge in [-0.05, 0) is 36.4 Å². The minimum Gasteiger partial charge on any atom is -0.319 e. The molecule has 0 saturated carbocycles. The number of nitrogens with zero attached hydrogens (tertiary/aromatic N) is 2. The van der Waals surface area contributed by atoms with Gasteiger partial charge in [0.25, 0.3) is 21.3 Å². The maximum absolute atomic E-state index is 12.6. The summed E-state index contributed by atoms with van der Waals surface area (Å²) in [6.07, 6.45) is 0. The van der Waals surface area contributed by atoms with Crippen molar-refractivity contribution in [2.24, 2.45) is 0 Å². The van der Waals surface area contributed by atoms with Crippen LogP contribution in [0.2, 0.25) is 0 Å². The van der Waals surface area contributed by atoms with Gasteiger partial charge in [0.2, 0.25) is 0 Å². The summed E-state index contributed by atoms with van der Waals surface area (Å²) >= 11 is 0. The number of rotatable bonds is 5. The van der Waals surface area contributed by atoms with E-state index in [-0.39, 0.29) is 22.0 Å². The third-order valence-corrected chi connectivity index (χ3v) is 5.74. The van der Waals surface area contributed by atoms with E-state index in [0.29, 0.717) is 16.6 Å². The summed E-state index contributed by atoms with van der Waals surface area (Å²) in [5, 5.41) is 10.7. The predicted molar refractivity (Wildman–Crippen MR) is 112 cm³/mol. The van der Waals surface area contributed by atoms with Crippen molar-refractivity contribution >= 4 is 32.4 Å². The molecule has 0 atom stereocenters. The van der Waals surface area contributed by atoms with Crippen LogP contribution in [0.1, 0.15) is 0 Å². The molecule has 4 aromatic rings. The number of H-pyrrole nitrogens is 1. The molecule has 0 aliphatic rings. The van der Waals surface area contributed by atoms with Crippen LogP contribution in [-0.2, 0) is 10.0 Å². The number of fused-ring (bicyclic) bond motifs is 1. The molecule has 3 aromatic carbocycles. The minimum atomic E-state index is -3.98. The smallest absolute Gasteiger partial charge is 0.274 e. The van der Waals surface area contributed by atoms with E-state index in [2.05, 4.69) is 14.7 Å². The van der Waals surface area contributed by atoms with E-state index in [1.54, 1.807) is 36.4 Å². The second kappa shape index (κ2) is 7.41. The highest BCUT2D eigenvalue weighted by Crippen LogP contribution is 2.23. The number of hydrogen-bond donors (Lipinski definition) is 2. The second-order valence-corrected chi connectivity index (χ2v) is 8.05. The Kier molecular flexibility index (Phi) is 4.76. The highest BCUT2D eigenvalue weighted by atomic mass is 32.2. The first kappa shape index (κ1) is 19.3. The first-order chi connectivity index (χ1) is 14.3. The van der Waals surface area contributed by atoms with Gasteiger partial charge in [0, 0.05) is 23.4 Å². The highest BCUT2D eigenvalue weighted by Gasteiger charge is 2.17. The third-order valence-electron chi connectivity index (χ3n) is 4.35. The summed E-state index contributed by atoms with van der Waals surface area (Å²) < 4.78 is 27.6. The van der Waals surface area contributed by atoms with Crippen LogP contribution in [0.15, 0.2) is 82.5 Å². The lowest BCUT2D eigenvalue weighted by molar-refractivity contribution is -0.384. The van der Waals surface area contributed by atoms with Gasteiger partial charge in [-0.2, -0.15) is 0 Å². The van der Waals surface area contributed by atoms with Crippen molar-refractivity contribution in [1.82, 2.24) is 9.97 Å². The maximum Gasteiger partial charge on any atom is 0.274 e. The molecule has 10 heteroatoms.